The van der Waals surface area contributed by atoms with Crippen molar-refractivity contribution in [3.05, 3.63) is 53.3 Å². The summed E-state index contributed by atoms with van der Waals surface area (Å²) in [7, 11) is 0. The Kier molecular flexibility index (Phi) is 4.25. The average molecular weight is 355 g/mol. The standard InChI is InChI=1S/C20H18FNO2S/c1-2-3-19-15(9-13-8-14(21)5-7-18(13)25-19)12-4-6-17-16(10-12)22-20(23)11-24-17/h4-10,19H,2-3,11H2,1H3,(H,22,23). The fourth-order valence-electron chi connectivity index (χ4n) is 3.23. The van der Waals surface area contributed by atoms with E-state index in [9.17, 15) is 9.18 Å². The van der Waals surface area contributed by atoms with Crippen molar-refractivity contribution in [3.63, 3.8) is 0 Å². The molecule has 5 heteroatoms. The number of benzene rings is 2. The molecule has 2 heterocycles. The van der Waals surface area contributed by atoms with Crippen molar-refractivity contribution in [1.29, 1.82) is 0 Å². The van der Waals surface area contributed by atoms with Crippen LogP contribution < -0.4 is 10.1 Å². The van der Waals surface area contributed by atoms with Gasteiger partial charge in [-0.3, -0.25) is 4.79 Å². The number of amides is 1. The maximum Gasteiger partial charge on any atom is 0.262 e. The zero-order chi connectivity index (χ0) is 17.4. The SMILES string of the molecule is CCCC1Sc2ccc(F)cc2C=C1c1ccc2c(c1)NC(=O)CO2. The molecule has 1 amide bonds. The van der Waals surface area contributed by atoms with Crippen molar-refractivity contribution in [1.82, 2.24) is 0 Å². The van der Waals surface area contributed by atoms with Gasteiger partial charge < -0.3 is 10.1 Å². The van der Waals surface area contributed by atoms with Crippen LogP contribution in [0.4, 0.5) is 10.1 Å². The number of anilines is 1. The number of hydrogen-bond acceptors (Lipinski definition) is 3. The summed E-state index contributed by atoms with van der Waals surface area (Å²) in [5, 5.41) is 3.16. The van der Waals surface area contributed by atoms with Gasteiger partial charge in [0.15, 0.2) is 6.61 Å². The van der Waals surface area contributed by atoms with Crippen LogP contribution in [0.15, 0.2) is 41.3 Å². The zero-order valence-electron chi connectivity index (χ0n) is 13.8. The molecule has 0 saturated carbocycles. The molecule has 0 fully saturated rings. The third-order valence-corrected chi connectivity index (χ3v) is 5.80. The highest BCUT2D eigenvalue weighted by atomic mass is 32.2. The first-order valence-corrected chi connectivity index (χ1v) is 9.27. The van der Waals surface area contributed by atoms with Gasteiger partial charge in [-0.1, -0.05) is 19.4 Å². The average Bonchev–Trinajstić information content (AvgIpc) is 2.61. The fourth-order valence-corrected chi connectivity index (χ4v) is 4.62. The summed E-state index contributed by atoms with van der Waals surface area (Å²) < 4.78 is 19.1. The first-order valence-electron chi connectivity index (χ1n) is 8.39. The third-order valence-electron chi connectivity index (χ3n) is 4.40. The lowest BCUT2D eigenvalue weighted by Gasteiger charge is -2.27. The second-order valence-electron chi connectivity index (χ2n) is 6.22. The van der Waals surface area contributed by atoms with Gasteiger partial charge in [-0.05, 0) is 59.5 Å². The van der Waals surface area contributed by atoms with Gasteiger partial charge in [0.25, 0.3) is 5.91 Å². The topological polar surface area (TPSA) is 38.3 Å². The van der Waals surface area contributed by atoms with E-state index >= 15 is 0 Å². The molecule has 2 aromatic carbocycles. The largest absolute Gasteiger partial charge is 0.482 e. The molecule has 0 bridgehead atoms. The number of hydrogen-bond donors (Lipinski definition) is 1. The van der Waals surface area contributed by atoms with Crippen LogP contribution in [0.5, 0.6) is 5.75 Å². The summed E-state index contributed by atoms with van der Waals surface area (Å²) in [5.41, 5.74) is 3.79. The van der Waals surface area contributed by atoms with Crippen molar-refractivity contribution in [3.8, 4) is 5.75 Å². The number of carbonyl (C=O) groups excluding carboxylic acids is 1. The molecule has 2 aliphatic heterocycles. The van der Waals surface area contributed by atoms with Gasteiger partial charge in [0.05, 0.1) is 5.69 Å². The van der Waals surface area contributed by atoms with Gasteiger partial charge in [-0.2, -0.15) is 0 Å². The molecule has 1 N–H and O–H groups in total. The molecule has 1 unspecified atom stereocenters. The lowest BCUT2D eigenvalue weighted by atomic mass is 9.96. The van der Waals surface area contributed by atoms with E-state index < -0.39 is 0 Å². The molecule has 25 heavy (non-hydrogen) atoms. The monoisotopic (exact) mass is 355 g/mol. The van der Waals surface area contributed by atoms with E-state index in [1.165, 1.54) is 6.07 Å². The van der Waals surface area contributed by atoms with E-state index in [1.54, 1.807) is 17.8 Å². The molecule has 1 atom stereocenters. The van der Waals surface area contributed by atoms with Crippen LogP contribution in [-0.4, -0.2) is 17.8 Å². The van der Waals surface area contributed by atoms with Crippen LogP contribution in [-0.2, 0) is 4.79 Å². The molecule has 4 rings (SSSR count). The van der Waals surface area contributed by atoms with Crippen molar-refractivity contribution >= 4 is 35.0 Å². The molecule has 0 aromatic heterocycles. The number of carbonyl (C=O) groups is 1. The number of nitrogens with one attached hydrogen (secondary N) is 1. The Morgan fingerprint density at radius 2 is 2.16 bits per heavy atom. The van der Waals surface area contributed by atoms with Crippen molar-refractivity contribution < 1.29 is 13.9 Å². The Hall–Kier alpha value is -2.27. The Bertz CT molecular complexity index is 878. The summed E-state index contributed by atoms with van der Waals surface area (Å²) in [6.07, 6.45) is 4.17. The van der Waals surface area contributed by atoms with Crippen molar-refractivity contribution in [2.75, 3.05) is 11.9 Å². The Balaban J connectivity index is 1.78. The number of ether oxygens (including phenoxy) is 1. The van der Waals surface area contributed by atoms with Crippen molar-refractivity contribution in [2.45, 2.75) is 29.9 Å². The summed E-state index contributed by atoms with van der Waals surface area (Å²) in [4.78, 5) is 12.7. The molecule has 2 aliphatic rings. The Morgan fingerprint density at radius 1 is 1.28 bits per heavy atom. The molecular formula is C20H18FNO2S. The molecular weight excluding hydrogens is 337 g/mol. The minimum atomic E-state index is -0.227. The lowest BCUT2D eigenvalue weighted by molar-refractivity contribution is -0.118. The number of fused-ring (bicyclic) bond motifs is 2. The first kappa shape index (κ1) is 16.2. The molecule has 0 saturated heterocycles. The van der Waals surface area contributed by atoms with Gasteiger partial charge in [0.1, 0.15) is 11.6 Å². The van der Waals surface area contributed by atoms with E-state index in [0.29, 0.717) is 16.7 Å². The van der Waals surface area contributed by atoms with Crippen LogP contribution >= 0.6 is 11.8 Å². The highest BCUT2D eigenvalue weighted by Crippen LogP contribution is 2.44. The quantitative estimate of drug-likeness (QED) is 0.845. The van der Waals surface area contributed by atoms with Gasteiger partial charge >= 0.3 is 0 Å². The van der Waals surface area contributed by atoms with Crippen LogP contribution in [0, 0.1) is 5.82 Å². The van der Waals surface area contributed by atoms with E-state index in [4.69, 9.17) is 4.74 Å². The van der Waals surface area contributed by atoms with Gasteiger partial charge in [-0.25, -0.2) is 4.39 Å². The zero-order valence-corrected chi connectivity index (χ0v) is 14.7. The molecule has 128 valence electrons. The normalized spacial score (nSPS) is 18.6. The smallest absolute Gasteiger partial charge is 0.262 e. The highest BCUT2D eigenvalue weighted by Gasteiger charge is 2.25. The van der Waals surface area contributed by atoms with Crippen LogP contribution in [0.2, 0.25) is 0 Å². The van der Waals surface area contributed by atoms with E-state index in [0.717, 1.165) is 34.4 Å². The maximum absolute atomic E-state index is 13.6. The maximum atomic E-state index is 13.6. The summed E-state index contributed by atoms with van der Waals surface area (Å²) in [6.45, 7) is 2.22. The van der Waals surface area contributed by atoms with E-state index in [-0.39, 0.29) is 18.3 Å². The summed E-state index contributed by atoms with van der Waals surface area (Å²) >= 11 is 1.78. The summed E-state index contributed by atoms with van der Waals surface area (Å²) in [5.74, 6) is 0.315. The predicted molar refractivity (Wildman–Crippen MR) is 99.4 cm³/mol. The van der Waals surface area contributed by atoms with E-state index in [1.807, 2.05) is 24.3 Å². The third kappa shape index (κ3) is 3.16. The fraction of sp³-hybridized carbons (Fsp3) is 0.250. The molecule has 3 nitrogen and oxygen atoms in total. The number of rotatable bonds is 3. The van der Waals surface area contributed by atoms with Crippen LogP contribution in [0.25, 0.3) is 11.6 Å². The highest BCUT2D eigenvalue weighted by molar-refractivity contribution is 8.00. The van der Waals surface area contributed by atoms with E-state index in [2.05, 4.69) is 18.3 Å². The second kappa shape index (κ2) is 6.56. The van der Waals surface area contributed by atoms with Crippen molar-refractivity contribution in [2.24, 2.45) is 0 Å². The first-order chi connectivity index (χ1) is 12.1. The van der Waals surface area contributed by atoms with Crippen LogP contribution in [0.1, 0.15) is 30.9 Å². The summed E-state index contributed by atoms with van der Waals surface area (Å²) in [6, 6.07) is 10.8. The minimum absolute atomic E-state index is 0.0516. The molecule has 0 spiro atoms. The Labute approximate surface area is 150 Å². The molecule has 0 radical (unpaired) electrons. The van der Waals surface area contributed by atoms with Crippen LogP contribution in [0.3, 0.4) is 0 Å². The molecule has 2 aromatic rings. The predicted octanol–water partition coefficient (Wildman–Crippen LogP) is 4.97. The minimum Gasteiger partial charge on any atom is -0.482 e. The van der Waals surface area contributed by atoms with Gasteiger partial charge in [-0.15, -0.1) is 11.8 Å². The Morgan fingerprint density at radius 3 is 3.00 bits per heavy atom. The van der Waals surface area contributed by atoms with Gasteiger partial charge in [0, 0.05) is 10.1 Å². The van der Waals surface area contributed by atoms with Gasteiger partial charge in [0.2, 0.25) is 0 Å². The lowest BCUT2D eigenvalue weighted by Crippen LogP contribution is -2.25. The second-order valence-corrected chi connectivity index (χ2v) is 7.47. The molecule has 0 aliphatic carbocycles. The number of thioether (sulfide) groups is 1. The number of halogens is 1.